The van der Waals surface area contributed by atoms with E-state index in [2.05, 4.69) is 21.3 Å². The smallest absolute Gasteiger partial charge is 0.410 e. The lowest BCUT2D eigenvalue weighted by atomic mass is 9.85. The van der Waals surface area contributed by atoms with Crippen LogP contribution in [-0.2, 0) is 46.9 Å². The third kappa shape index (κ3) is 11.6. The first-order chi connectivity index (χ1) is 28.1. The second kappa shape index (κ2) is 19.0. The molecule has 3 aliphatic rings. The van der Waals surface area contributed by atoms with Gasteiger partial charge in [0.25, 0.3) is 15.9 Å². The average Bonchev–Trinajstić information content (AvgIpc) is 3.61. The number of urea groups is 1. The van der Waals surface area contributed by atoms with Crippen LogP contribution < -0.4 is 21.3 Å². The Morgan fingerprint density at radius 3 is 2.22 bits per heavy atom. The molecular weight excluding hydrogens is 811 g/mol. The summed E-state index contributed by atoms with van der Waals surface area (Å²) in [5, 5.41) is 12.8. The Bertz CT molecular complexity index is 2010. The monoisotopic (exact) mass is 871 g/mol. The highest BCUT2D eigenvalue weighted by Crippen LogP contribution is 2.30. The molecule has 6 amide bonds. The van der Waals surface area contributed by atoms with E-state index < -0.39 is 86.8 Å². The fraction of sp³-hybridized carbons (Fsp3) is 0.619. The summed E-state index contributed by atoms with van der Waals surface area (Å²) >= 11 is 1.09. The summed E-state index contributed by atoms with van der Waals surface area (Å²) in [5.74, 6) is -2.88. The van der Waals surface area contributed by atoms with Gasteiger partial charge in [-0.15, -0.1) is 11.3 Å². The Balaban J connectivity index is 1.36. The number of benzene rings is 1. The van der Waals surface area contributed by atoms with Gasteiger partial charge >= 0.3 is 12.1 Å². The molecule has 1 unspecified atom stereocenters. The Hall–Kier alpha value is -4.55. The third-order valence-electron chi connectivity index (χ3n) is 11.2. The van der Waals surface area contributed by atoms with Crippen LogP contribution in [0.2, 0.25) is 0 Å². The van der Waals surface area contributed by atoms with Crippen molar-refractivity contribution in [3.63, 3.8) is 0 Å². The highest BCUT2D eigenvalue weighted by molar-refractivity contribution is 7.91. The van der Waals surface area contributed by atoms with E-state index in [1.54, 1.807) is 37.1 Å². The number of fused-ring (bicyclic) bond motifs is 1. The van der Waals surface area contributed by atoms with E-state index in [4.69, 9.17) is 4.74 Å². The summed E-state index contributed by atoms with van der Waals surface area (Å²) in [4.78, 5) is 85.3. The number of Topliss-reactive ketones (excluding diaryl/α,β-unsaturated/α-hetero) is 1. The largest absolute Gasteiger partial charge is 0.444 e. The van der Waals surface area contributed by atoms with Crippen LogP contribution in [0.25, 0.3) is 0 Å². The predicted octanol–water partition coefficient (Wildman–Crippen LogP) is 3.79. The van der Waals surface area contributed by atoms with Crippen molar-refractivity contribution in [2.45, 2.75) is 134 Å². The minimum atomic E-state index is -3.83. The number of amides is 6. The molecule has 2 fully saturated rings. The van der Waals surface area contributed by atoms with Crippen molar-refractivity contribution in [2.24, 2.45) is 10.8 Å². The van der Waals surface area contributed by atoms with E-state index in [-0.39, 0.29) is 36.2 Å². The van der Waals surface area contributed by atoms with E-state index in [0.29, 0.717) is 25.9 Å². The van der Waals surface area contributed by atoms with Crippen LogP contribution >= 0.6 is 11.3 Å². The molecule has 1 saturated heterocycles. The normalized spacial score (nSPS) is 19.8. The van der Waals surface area contributed by atoms with E-state index in [1.165, 1.54) is 22.3 Å². The lowest BCUT2D eigenvalue weighted by Crippen LogP contribution is -2.62. The van der Waals surface area contributed by atoms with Crippen molar-refractivity contribution in [3.8, 4) is 0 Å². The second-order valence-corrected chi connectivity index (χ2v) is 21.4. The third-order valence-corrected chi connectivity index (χ3v) is 14.4. The zero-order valence-electron chi connectivity index (χ0n) is 35.9. The number of thiophene rings is 1. The van der Waals surface area contributed by atoms with E-state index in [0.717, 1.165) is 35.3 Å². The molecule has 3 heterocycles. The molecular formula is C42H61N7O9S2. The molecule has 5 rings (SSSR count). The standard InChI is InChI=1S/C42H61N7O9S2/c1-9-13-30(34(50)37(52)43-28-17-18-28)44-36(51)31-22-29(58-40(55)48-20-19-26-14-10-11-15-27(26)23-48)24-49(31)38(53)35(42(5,6)7)46-39(54)45-32(41(2,3)4)25-47(8)60(56,57)33-16-12-21-59-33/h10-12,14-16,21,28-32,35H,9,13,17-20,22-25H2,1-8H3,(H,43,52)(H,44,51)(H2,45,46,54)/t29-,30?,31+,32-,35-/m1/s1. The van der Waals surface area contributed by atoms with Gasteiger partial charge in [0.15, 0.2) is 0 Å². The molecule has 330 valence electrons. The summed E-state index contributed by atoms with van der Waals surface area (Å²) in [5.41, 5.74) is 0.613. The average molecular weight is 872 g/mol. The van der Waals surface area contributed by atoms with Gasteiger partial charge in [-0.2, -0.15) is 4.31 Å². The van der Waals surface area contributed by atoms with Crippen molar-refractivity contribution in [1.29, 1.82) is 0 Å². The van der Waals surface area contributed by atoms with Crippen LogP contribution in [0, 0.1) is 10.8 Å². The predicted molar refractivity (Wildman–Crippen MR) is 226 cm³/mol. The van der Waals surface area contributed by atoms with Crippen molar-refractivity contribution < 1.29 is 41.9 Å². The molecule has 4 N–H and O–H groups in total. The number of carbonyl (C=O) groups excluding carboxylic acids is 6. The van der Waals surface area contributed by atoms with Crippen LogP contribution in [0.15, 0.2) is 46.0 Å². The number of sulfonamides is 1. The first kappa shape index (κ1) is 46.5. The summed E-state index contributed by atoms with van der Waals surface area (Å²) in [7, 11) is -2.39. The van der Waals surface area contributed by atoms with Gasteiger partial charge in [0.1, 0.15) is 22.4 Å². The van der Waals surface area contributed by atoms with Crippen LogP contribution in [0.3, 0.4) is 0 Å². The highest BCUT2D eigenvalue weighted by Gasteiger charge is 2.47. The number of ketones is 1. The van der Waals surface area contributed by atoms with Gasteiger partial charge in [0, 0.05) is 45.2 Å². The van der Waals surface area contributed by atoms with Gasteiger partial charge < -0.3 is 35.8 Å². The number of ether oxygens (including phenoxy) is 1. The number of hydrogen-bond donors (Lipinski definition) is 4. The number of likely N-dealkylation sites (N-methyl/N-ethyl adjacent to an activating group) is 1. The molecule has 60 heavy (non-hydrogen) atoms. The van der Waals surface area contributed by atoms with Crippen LogP contribution in [0.1, 0.15) is 91.7 Å². The molecule has 0 spiro atoms. The molecule has 1 aromatic carbocycles. The lowest BCUT2D eigenvalue weighted by molar-refractivity contribution is -0.144. The first-order valence-corrected chi connectivity index (χ1v) is 23.0. The second-order valence-electron chi connectivity index (χ2n) is 18.2. The fourth-order valence-corrected chi connectivity index (χ4v) is 9.70. The number of hydrogen-bond acceptors (Lipinski definition) is 10. The topological polar surface area (TPSA) is 204 Å². The highest BCUT2D eigenvalue weighted by atomic mass is 32.2. The molecule has 2 aliphatic heterocycles. The molecule has 2 aromatic rings. The summed E-state index contributed by atoms with van der Waals surface area (Å²) in [6.07, 6.45) is 1.27. The van der Waals surface area contributed by atoms with Gasteiger partial charge in [-0.1, -0.05) is 85.2 Å². The maximum absolute atomic E-state index is 14.8. The Morgan fingerprint density at radius 2 is 1.62 bits per heavy atom. The summed E-state index contributed by atoms with van der Waals surface area (Å²) in [6.45, 7) is 13.2. The summed E-state index contributed by atoms with van der Waals surface area (Å²) < 4.78 is 33.9. The van der Waals surface area contributed by atoms with Crippen LogP contribution in [-0.4, -0.2) is 121 Å². The van der Waals surface area contributed by atoms with Crippen molar-refractivity contribution in [2.75, 3.05) is 26.7 Å². The maximum atomic E-state index is 14.8. The van der Waals surface area contributed by atoms with E-state index >= 15 is 0 Å². The number of rotatable bonds is 15. The Labute approximate surface area is 357 Å². The van der Waals surface area contributed by atoms with Gasteiger partial charge in [0.2, 0.25) is 17.6 Å². The van der Waals surface area contributed by atoms with Crippen LogP contribution in [0.5, 0.6) is 0 Å². The van der Waals surface area contributed by atoms with E-state index in [1.807, 2.05) is 52.0 Å². The molecule has 5 atom stereocenters. The fourth-order valence-electron chi connectivity index (χ4n) is 7.31. The molecule has 1 aromatic heterocycles. The Morgan fingerprint density at radius 1 is 0.933 bits per heavy atom. The van der Waals surface area contributed by atoms with Gasteiger partial charge in [-0.3, -0.25) is 19.2 Å². The minimum absolute atomic E-state index is 0.0639. The molecule has 1 aliphatic carbocycles. The quantitative estimate of drug-likeness (QED) is 0.192. The number of nitrogens with zero attached hydrogens (tertiary/aromatic N) is 3. The van der Waals surface area contributed by atoms with Gasteiger partial charge in [0.05, 0.1) is 12.6 Å². The molecule has 18 heteroatoms. The molecule has 0 radical (unpaired) electrons. The van der Waals surface area contributed by atoms with E-state index in [9.17, 15) is 37.2 Å². The number of carbonyl (C=O) groups is 6. The number of nitrogens with one attached hydrogen (secondary N) is 4. The zero-order chi connectivity index (χ0) is 44.2. The minimum Gasteiger partial charge on any atom is -0.444 e. The SMILES string of the molecule is CCCC(NC(=O)[C@@H]1C[C@@H](OC(=O)N2CCc3ccccc3C2)CN1C(=O)[C@@H](NC(=O)N[C@H](CN(C)S(=O)(=O)c1cccs1)C(C)(C)C)C(C)(C)C)C(=O)C(=O)NC1CC1. The van der Waals surface area contributed by atoms with Crippen molar-refractivity contribution >= 4 is 57.0 Å². The maximum Gasteiger partial charge on any atom is 0.410 e. The molecule has 0 bridgehead atoms. The number of likely N-dealkylation sites (tertiary alicyclic amines) is 1. The Kier molecular flexibility index (Phi) is 14.7. The zero-order valence-corrected chi connectivity index (χ0v) is 37.5. The molecule has 16 nitrogen and oxygen atoms in total. The van der Waals surface area contributed by atoms with Gasteiger partial charge in [-0.05, 0) is 59.1 Å². The lowest BCUT2D eigenvalue weighted by Gasteiger charge is -2.37. The van der Waals surface area contributed by atoms with Crippen LogP contribution in [0.4, 0.5) is 9.59 Å². The van der Waals surface area contributed by atoms with Gasteiger partial charge in [-0.25, -0.2) is 18.0 Å². The van der Waals surface area contributed by atoms with Crippen molar-refractivity contribution in [3.05, 3.63) is 52.9 Å². The van der Waals surface area contributed by atoms with Crippen molar-refractivity contribution in [1.82, 2.24) is 35.4 Å². The molecule has 1 saturated carbocycles. The first-order valence-electron chi connectivity index (χ1n) is 20.6. The summed E-state index contributed by atoms with van der Waals surface area (Å²) in [6, 6.07) is 5.91.